The topological polar surface area (TPSA) is 32.3 Å². The molecular weight excluding hydrogens is 186 g/mol. The molecule has 84 valence electrons. The van der Waals surface area contributed by atoms with Crippen LogP contribution in [0.2, 0.25) is 0 Å². The molecule has 0 heterocycles. The highest BCUT2D eigenvalue weighted by molar-refractivity contribution is 5.30. The summed E-state index contributed by atoms with van der Waals surface area (Å²) in [5, 5.41) is 12.4. The number of rotatable bonds is 5. The number of aliphatic hydroxyl groups excluding tert-OH is 1. The number of aryl methyl sites for hydroxylation is 2. The second-order valence-corrected chi connectivity index (χ2v) is 4.10. The third kappa shape index (κ3) is 3.65. The molecule has 0 fully saturated rings. The third-order valence-corrected chi connectivity index (χ3v) is 2.79. The maximum atomic E-state index is 9.05. The van der Waals surface area contributed by atoms with E-state index in [9.17, 15) is 0 Å². The van der Waals surface area contributed by atoms with Gasteiger partial charge >= 0.3 is 0 Å². The molecule has 2 nitrogen and oxygen atoms in total. The van der Waals surface area contributed by atoms with Gasteiger partial charge in [-0.2, -0.15) is 0 Å². The Hall–Kier alpha value is -0.860. The zero-order valence-electron chi connectivity index (χ0n) is 9.88. The van der Waals surface area contributed by atoms with Gasteiger partial charge in [0.15, 0.2) is 0 Å². The van der Waals surface area contributed by atoms with E-state index in [1.807, 2.05) is 0 Å². The molecule has 1 aromatic rings. The van der Waals surface area contributed by atoms with Crippen LogP contribution in [-0.2, 0) is 6.54 Å². The fourth-order valence-electron chi connectivity index (χ4n) is 1.64. The summed E-state index contributed by atoms with van der Waals surface area (Å²) in [6.45, 7) is 7.36. The van der Waals surface area contributed by atoms with Gasteiger partial charge in [-0.15, -0.1) is 0 Å². The molecule has 0 radical (unpaired) electrons. The molecule has 0 saturated carbocycles. The molecule has 0 aliphatic carbocycles. The Labute approximate surface area is 92.3 Å². The molecule has 0 spiro atoms. The molecule has 15 heavy (non-hydrogen) atoms. The molecule has 1 unspecified atom stereocenters. The van der Waals surface area contributed by atoms with Crippen LogP contribution >= 0.6 is 0 Å². The average Bonchev–Trinajstić information content (AvgIpc) is 2.22. The highest BCUT2D eigenvalue weighted by Crippen LogP contribution is 2.10. The van der Waals surface area contributed by atoms with E-state index in [0.717, 1.165) is 13.0 Å². The summed E-state index contributed by atoms with van der Waals surface area (Å²) in [5.41, 5.74) is 3.92. The van der Waals surface area contributed by atoms with E-state index < -0.39 is 0 Å². The van der Waals surface area contributed by atoms with Crippen molar-refractivity contribution in [3.8, 4) is 0 Å². The van der Waals surface area contributed by atoms with E-state index in [1.54, 1.807) is 0 Å². The van der Waals surface area contributed by atoms with E-state index in [0.29, 0.717) is 0 Å². The van der Waals surface area contributed by atoms with Gasteiger partial charge in [0.25, 0.3) is 0 Å². The second kappa shape index (κ2) is 5.89. The van der Waals surface area contributed by atoms with Crippen LogP contribution in [0.1, 0.15) is 30.0 Å². The first kappa shape index (κ1) is 12.2. The van der Waals surface area contributed by atoms with Crippen molar-refractivity contribution in [1.82, 2.24) is 5.32 Å². The lowest BCUT2D eigenvalue weighted by atomic mass is 10.1. The summed E-state index contributed by atoms with van der Waals surface area (Å²) < 4.78 is 0. The number of hydrogen-bond acceptors (Lipinski definition) is 2. The van der Waals surface area contributed by atoms with Gasteiger partial charge in [0.2, 0.25) is 0 Å². The normalized spacial score (nSPS) is 12.8. The highest BCUT2D eigenvalue weighted by Gasteiger charge is 2.04. The van der Waals surface area contributed by atoms with Crippen molar-refractivity contribution in [2.45, 2.75) is 39.8 Å². The summed E-state index contributed by atoms with van der Waals surface area (Å²) in [5.74, 6) is 0. The van der Waals surface area contributed by atoms with Crippen molar-refractivity contribution in [2.75, 3.05) is 6.61 Å². The van der Waals surface area contributed by atoms with Gasteiger partial charge in [0, 0.05) is 12.6 Å². The van der Waals surface area contributed by atoms with Crippen molar-refractivity contribution in [3.05, 3.63) is 34.9 Å². The quantitative estimate of drug-likeness (QED) is 0.775. The van der Waals surface area contributed by atoms with Crippen LogP contribution in [0.3, 0.4) is 0 Å². The fourth-order valence-corrected chi connectivity index (χ4v) is 1.64. The van der Waals surface area contributed by atoms with Crippen molar-refractivity contribution < 1.29 is 5.11 Å². The first-order chi connectivity index (χ1) is 7.17. The largest absolute Gasteiger partial charge is 0.395 e. The minimum atomic E-state index is 0.210. The molecule has 1 atom stereocenters. The Balaban J connectivity index is 2.57. The van der Waals surface area contributed by atoms with Crippen LogP contribution in [0.15, 0.2) is 18.2 Å². The lowest BCUT2D eigenvalue weighted by Gasteiger charge is -2.15. The zero-order chi connectivity index (χ0) is 11.3. The van der Waals surface area contributed by atoms with Crippen molar-refractivity contribution in [1.29, 1.82) is 0 Å². The molecule has 2 heteroatoms. The minimum Gasteiger partial charge on any atom is -0.395 e. The summed E-state index contributed by atoms with van der Waals surface area (Å²) in [4.78, 5) is 0. The molecule has 0 amide bonds. The molecule has 0 aliphatic heterocycles. The maximum absolute atomic E-state index is 9.05. The maximum Gasteiger partial charge on any atom is 0.0584 e. The van der Waals surface area contributed by atoms with Gasteiger partial charge in [-0.25, -0.2) is 0 Å². The Morgan fingerprint density at radius 3 is 2.60 bits per heavy atom. The van der Waals surface area contributed by atoms with Gasteiger partial charge < -0.3 is 10.4 Å². The molecular formula is C13H21NO. The first-order valence-corrected chi connectivity index (χ1v) is 5.57. The predicted octanol–water partition coefficient (Wildman–Crippen LogP) is 2.16. The second-order valence-electron chi connectivity index (χ2n) is 4.10. The zero-order valence-corrected chi connectivity index (χ0v) is 9.88. The highest BCUT2D eigenvalue weighted by atomic mass is 16.3. The van der Waals surface area contributed by atoms with Gasteiger partial charge in [-0.3, -0.25) is 0 Å². The van der Waals surface area contributed by atoms with Crippen molar-refractivity contribution in [2.24, 2.45) is 0 Å². The smallest absolute Gasteiger partial charge is 0.0584 e. The van der Waals surface area contributed by atoms with Gasteiger partial charge in [-0.05, 0) is 31.4 Å². The standard InChI is InChI=1S/C13H21NO/c1-4-13(9-15)14-8-12-6-5-10(2)7-11(12)3/h5-7,13-15H,4,8-9H2,1-3H3. The monoisotopic (exact) mass is 207 g/mol. The Kier molecular flexibility index (Phi) is 4.79. The molecule has 0 bridgehead atoms. The van der Waals surface area contributed by atoms with E-state index in [2.05, 4.69) is 44.3 Å². The number of nitrogens with one attached hydrogen (secondary N) is 1. The Morgan fingerprint density at radius 1 is 1.33 bits per heavy atom. The van der Waals surface area contributed by atoms with Crippen LogP contribution in [0.4, 0.5) is 0 Å². The molecule has 2 N–H and O–H groups in total. The van der Waals surface area contributed by atoms with Crippen LogP contribution in [-0.4, -0.2) is 17.8 Å². The van der Waals surface area contributed by atoms with Gasteiger partial charge in [0.1, 0.15) is 0 Å². The van der Waals surface area contributed by atoms with Gasteiger partial charge in [-0.1, -0.05) is 30.7 Å². The van der Waals surface area contributed by atoms with E-state index in [1.165, 1.54) is 16.7 Å². The predicted molar refractivity (Wildman–Crippen MR) is 63.9 cm³/mol. The Bertz CT molecular complexity index is 305. The van der Waals surface area contributed by atoms with Crippen LogP contribution in [0, 0.1) is 13.8 Å². The molecule has 1 aromatic carbocycles. The van der Waals surface area contributed by atoms with Crippen LogP contribution in [0.5, 0.6) is 0 Å². The van der Waals surface area contributed by atoms with E-state index >= 15 is 0 Å². The molecule has 0 aliphatic rings. The van der Waals surface area contributed by atoms with Gasteiger partial charge in [0.05, 0.1) is 6.61 Å². The van der Waals surface area contributed by atoms with Crippen molar-refractivity contribution >= 4 is 0 Å². The summed E-state index contributed by atoms with van der Waals surface area (Å²) in [7, 11) is 0. The van der Waals surface area contributed by atoms with Crippen molar-refractivity contribution in [3.63, 3.8) is 0 Å². The third-order valence-electron chi connectivity index (χ3n) is 2.79. The fraction of sp³-hybridized carbons (Fsp3) is 0.538. The lowest BCUT2D eigenvalue weighted by Crippen LogP contribution is -2.31. The summed E-state index contributed by atoms with van der Waals surface area (Å²) in [6, 6.07) is 6.69. The minimum absolute atomic E-state index is 0.210. The average molecular weight is 207 g/mol. The lowest BCUT2D eigenvalue weighted by molar-refractivity contribution is 0.238. The summed E-state index contributed by atoms with van der Waals surface area (Å²) >= 11 is 0. The van der Waals surface area contributed by atoms with Crippen LogP contribution < -0.4 is 5.32 Å². The van der Waals surface area contributed by atoms with Crippen LogP contribution in [0.25, 0.3) is 0 Å². The van der Waals surface area contributed by atoms with E-state index in [4.69, 9.17) is 5.11 Å². The molecule has 1 rings (SSSR count). The Morgan fingerprint density at radius 2 is 2.07 bits per heavy atom. The number of aliphatic hydroxyl groups is 1. The SMILES string of the molecule is CCC(CO)NCc1ccc(C)cc1C. The summed E-state index contributed by atoms with van der Waals surface area (Å²) in [6.07, 6.45) is 0.960. The first-order valence-electron chi connectivity index (χ1n) is 5.57. The molecule has 0 saturated heterocycles. The number of benzene rings is 1. The van der Waals surface area contributed by atoms with E-state index in [-0.39, 0.29) is 12.6 Å². The number of hydrogen-bond donors (Lipinski definition) is 2. The molecule has 0 aromatic heterocycles.